The Labute approximate surface area is 465 Å². The van der Waals surface area contributed by atoms with Crippen molar-refractivity contribution in [3.8, 4) is 0 Å². The topological polar surface area (TPSA) is 113 Å². The summed E-state index contributed by atoms with van der Waals surface area (Å²) >= 11 is 0. The molecule has 8 nitrogen and oxygen atoms in total. The number of hydrogen-bond acceptors (Lipinski definition) is 8. The van der Waals surface area contributed by atoms with Crippen molar-refractivity contribution in [3.63, 3.8) is 0 Å². The van der Waals surface area contributed by atoms with Crippen LogP contribution in [-0.2, 0) is 38.1 Å². The standard InChI is InChI=1S/C24H30F2O3S.C22H28F2O3S.C17H24F2O2/c1-17-3-5-18(6-4-17)30(27,28)29-24-15-13-23(14-16-24,19(25)20(24)26)22-10-7-21(2,8-11-22)9-12-22;1-15-3-7-17(8-4-15)21-11-13-22(14-12-21,20(24)19(21)23)27-28(25,26)18-9-5-16(2)6-10-18;1-11-3-5-13(6-4-11)16-7-9-17(10-8-16,21-12(2)20)15(19)14(16)18/h3-6H,7-16H2,1-2H3;5-6,9-10,15,17H,3-4,7-8,11-14H2,1-2H3;11,13H,3-10H2,1-2H3. The third-order valence-corrected chi connectivity index (χ3v) is 25.4. The Morgan fingerprint density at radius 2 is 0.772 bits per heavy atom. The van der Waals surface area contributed by atoms with Crippen LogP contribution in [0.5, 0.6) is 0 Å². The van der Waals surface area contributed by atoms with Gasteiger partial charge in [-0.15, -0.1) is 0 Å². The fraction of sp³-hybridized carbons (Fsp3) is 0.698. The van der Waals surface area contributed by atoms with Crippen LogP contribution in [0.2, 0.25) is 0 Å². The Bertz CT molecular complexity index is 2940. The van der Waals surface area contributed by atoms with Gasteiger partial charge in [0.2, 0.25) is 0 Å². The minimum absolute atomic E-state index is 0.0180. The minimum atomic E-state index is -4.19. The Balaban J connectivity index is 0.000000136. The second-order valence-corrected chi connectivity index (χ2v) is 30.2. The lowest BCUT2D eigenvalue weighted by atomic mass is 9.41. The smallest absolute Gasteiger partial charge is 0.303 e. The number of halogens is 6. The molecule has 0 saturated heterocycles. The van der Waals surface area contributed by atoms with E-state index in [1.54, 1.807) is 24.3 Å². The molecule has 79 heavy (non-hydrogen) atoms. The Hall–Kier alpha value is -3.47. The molecule has 0 atom stereocenters. The first-order valence-corrected chi connectivity index (χ1v) is 32.4. The molecule has 8 saturated carbocycles. The molecule has 16 heteroatoms. The maximum absolute atomic E-state index is 15.8. The maximum Gasteiger partial charge on any atom is 0.303 e. The minimum Gasteiger partial charge on any atom is -0.452 e. The predicted molar refractivity (Wildman–Crippen MR) is 290 cm³/mol. The average Bonchev–Trinajstić information content (AvgIpc) is 2.13. The summed E-state index contributed by atoms with van der Waals surface area (Å²) in [4.78, 5) is 11.2. The van der Waals surface area contributed by atoms with Crippen molar-refractivity contribution >= 4 is 26.2 Å². The van der Waals surface area contributed by atoms with Gasteiger partial charge in [-0.3, -0.25) is 13.2 Å². The van der Waals surface area contributed by atoms with Crippen LogP contribution in [0.15, 0.2) is 93.3 Å². The number of hydrogen-bond donors (Lipinski definition) is 0. The summed E-state index contributed by atoms with van der Waals surface area (Å²) in [7, 11) is -8.36. The van der Waals surface area contributed by atoms with Gasteiger partial charge in [0.15, 0.2) is 23.1 Å². The largest absolute Gasteiger partial charge is 0.452 e. The zero-order valence-corrected chi connectivity index (χ0v) is 48.8. The van der Waals surface area contributed by atoms with Gasteiger partial charge in [-0.05, 0) is 214 Å². The molecule has 14 aliphatic rings. The van der Waals surface area contributed by atoms with E-state index in [0.717, 1.165) is 101 Å². The fourth-order valence-electron chi connectivity index (χ4n) is 17.1. The molecule has 0 amide bonds. The summed E-state index contributed by atoms with van der Waals surface area (Å²) in [6.45, 7) is 11.7. The van der Waals surface area contributed by atoms with Crippen LogP contribution in [0.1, 0.15) is 206 Å². The summed E-state index contributed by atoms with van der Waals surface area (Å²) < 4.78 is 159. The third kappa shape index (κ3) is 10.0. The van der Waals surface area contributed by atoms with Gasteiger partial charge in [-0.2, -0.15) is 16.8 Å². The zero-order valence-electron chi connectivity index (χ0n) is 47.2. The van der Waals surface area contributed by atoms with Gasteiger partial charge in [0.05, 0.1) is 9.79 Å². The van der Waals surface area contributed by atoms with Crippen molar-refractivity contribution < 1.29 is 61.1 Å². The van der Waals surface area contributed by atoms with Crippen LogP contribution in [-0.4, -0.2) is 39.6 Å². The highest BCUT2D eigenvalue weighted by molar-refractivity contribution is 7.87. The molecule has 2 aromatic rings. The monoisotopic (exact) mass is 1140 g/mol. The fourth-order valence-corrected chi connectivity index (χ4v) is 19.5. The quantitative estimate of drug-likeness (QED) is 0.131. The Kier molecular flexibility index (Phi) is 15.6. The summed E-state index contributed by atoms with van der Waals surface area (Å²) in [6, 6.07) is 12.5. The number of ether oxygens (including phenoxy) is 1. The Morgan fingerprint density at radius 1 is 0.443 bits per heavy atom. The van der Waals surface area contributed by atoms with Crippen LogP contribution in [0.3, 0.4) is 0 Å². The molecule has 16 rings (SSSR count). The third-order valence-electron chi connectivity index (χ3n) is 22.6. The number of benzene rings is 2. The van der Waals surface area contributed by atoms with Crippen molar-refractivity contribution in [1.29, 1.82) is 0 Å². The van der Waals surface area contributed by atoms with Gasteiger partial charge in [0, 0.05) is 23.2 Å². The van der Waals surface area contributed by atoms with Gasteiger partial charge in [0.1, 0.15) is 28.7 Å². The second kappa shape index (κ2) is 21.0. The van der Waals surface area contributed by atoms with Crippen molar-refractivity contribution in [2.45, 2.75) is 235 Å². The van der Waals surface area contributed by atoms with Crippen LogP contribution in [0.25, 0.3) is 0 Å². The summed E-state index contributed by atoms with van der Waals surface area (Å²) in [5.41, 5.74) is -4.84. The average molecular weight is 1150 g/mol. The first-order valence-electron chi connectivity index (χ1n) is 29.6. The van der Waals surface area contributed by atoms with Gasteiger partial charge in [0.25, 0.3) is 20.2 Å². The molecule has 0 unspecified atom stereocenters. The SMILES string of the molecule is CC(=O)OC12CCC(C3CCC(C)CC3)(CC1)C(F)=C2F.Cc1ccc(S(=O)(=O)OC23CCC(C45CCC(C)(CC4)CC5)(CC2)C(F)=C3F)cc1.Cc1ccc(S(=O)(=O)OC23CCC(C4CCC(C)CC4)(CC2)C(F)=C3F)cc1. The van der Waals surface area contributed by atoms with Crippen molar-refractivity contribution in [2.24, 2.45) is 50.7 Å². The van der Waals surface area contributed by atoms with E-state index in [-0.39, 0.29) is 52.7 Å². The number of fused-ring (bicyclic) bond motifs is 9. The molecule has 0 heterocycles. The lowest BCUT2D eigenvalue weighted by Crippen LogP contribution is -2.58. The molecule has 14 aliphatic carbocycles. The molecule has 0 aliphatic heterocycles. The zero-order chi connectivity index (χ0) is 56.8. The van der Waals surface area contributed by atoms with E-state index in [1.165, 1.54) is 31.2 Å². The Morgan fingerprint density at radius 3 is 1.14 bits per heavy atom. The molecule has 0 radical (unpaired) electrons. The molecule has 0 spiro atoms. The highest BCUT2D eigenvalue weighted by Crippen LogP contribution is 2.73. The van der Waals surface area contributed by atoms with E-state index >= 15 is 17.6 Å². The molecular formula is C63H82F6O8S2. The molecule has 8 bridgehead atoms. The van der Waals surface area contributed by atoms with Crippen LogP contribution in [0.4, 0.5) is 26.3 Å². The van der Waals surface area contributed by atoms with Gasteiger partial charge < -0.3 is 4.74 Å². The van der Waals surface area contributed by atoms with Crippen molar-refractivity contribution in [1.82, 2.24) is 0 Å². The van der Waals surface area contributed by atoms with Crippen LogP contribution >= 0.6 is 0 Å². The number of aryl methyl sites for hydroxylation is 2. The lowest BCUT2D eigenvalue weighted by molar-refractivity contribution is -0.166. The molecule has 8 fully saturated rings. The lowest BCUT2D eigenvalue weighted by Gasteiger charge is -2.64. The van der Waals surface area contributed by atoms with E-state index in [1.807, 2.05) is 13.8 Å². The maximum atomic E-state index is 15.8. The molecule has 436 valence electrons. The summed E-state index contributed by atoms with van der Waals surface area (Å²) in [5, 5.41) is 0. The highest BCUT2D eigenvalue weighted by atomic mass is 32.2. The van der Waals surface area contributed by atoms with Gasteiger partial charge >= 0.3 is 5.97 Å². The van der Waals surface area contributed by atoms with Crippen molar-refractivity contribution in [2.75, 3.05) is 0 Å². The second-order valence-electron chi connectivity index (χ2n) is 27.1. The number of rotatable bonds is 10. The van der Waals surface area contributed by atoms with E-state index in [2.05, 4.69) is 20.8 Å². The van der Waals surface area contributed by atoms with E-state index in [0.29, 0.717) is 68.6 Å². The predicted octanol–water partition coefficient (Wildman–Crippen LogP) is 17.4. The molecule has 0 aromatic heterocycles. The number of esters is 1. The summed E-state index contributed by atoms with van der Waals surface area (Å²) in [6.07, 6.45) is 18.9. The van der Waals surface area contributed by atoms with E-state index in [9.17, 15) is 30.4 Å². The first-order chi connectivity index (χ1) is 37.1. The number of carbonyl (C=O) groups excluding carboxylic acids is 1. The molecule has 0 N–H and O–H groups in total. The number of allylic oxidation sites excluding steroid dienone is 3. The van der Waals surface area contributed by atoms with Crippen LogP contribution in [0, 0.1) is 64.6 Å². The summed E-state index contributed by atoms with van der Waals surface area (Å²) in [5.74, 6) is -3.64. The van der Waals surface area contributed by atoms with E-state index in [4.69, 9.17) is 13.1 Å². The molecular weight excluding hydrogens is 1060 g/mol. The van der Waals surface area contributed by atoms with Gasteiger partial charge in [-0.1, -0.05) is 81.8 Å². The van der Waals surface area contributed by atoms with E-state index < -0.39 is 94.2 Å². The first kappa shape index (κ1) is 58.7. The van der Waals surface area contributed by atoms with Gasteiger partial charge in [-0.25, -0.2) is 26.3 Å². The molecule has 2 aromatic carbocycles. The highest BCUT2D eigenvalue weighted by Gasteiger charge is 2.68. The number of carbonyl (C=O) groups is 1. The van der Waals surface area contributed by atoms with Crippen LogP contribution < -0.4 is 0 Å². The normalized spacial score (nSPS) is 39.7. The van der Waals surface area contributed by atoms with Crippen molar-refractivity contribution in [3.05, 3.63) is 94.6 Å².